The number of carbonyl (C=O) groups excluding carboxylic acids is 1. The molecule has 0 spiro atoms. The fraction of sp³-hybridized carbons (Fsp3) is 0.333. The third kappa shape index (κ3) is 2.11. The molecule has 1 rings (SSSR count). The van der Waals surface area contributed by atoms with Crippen molar-refractivity contribution in [2.24, 2.45) is 0 Å². The van der Waals surface area contributed by atoms with Gasteiger partial charge in [0.25, 0.3) is 0 Å². The van der Waals surface area contributed by atoms with Gasteiger partial charge in [-0.3, -0.25) is 9.69 Å². The number of aliphatic carboxylic acids is 1. The smallest absolute Gasteiger partial charge is 0.326 e. The molecule has 4 nitrogen and oxygen atoms in total. The average molecular weight is 213 g/mol. The van der Waals surface area contributed by atoms with Crippen molar-refractivity contribution in [2.75, 3.05) is 4.90 Å². The number of carboxylic acid groups (broad SMARTS) is 1. The summed E-state index contributed by atoms with van der Waals surface area (Å²) in [5.74, 6) is -1.27. The van der Waals surface area contributed by atoms with E-state index in [1.54, 1.807) is 17.5 Å². The molecule has 0 saturated heterocycles. The maximum atomic E-state index is 11.3. The summed E-state index contributed by atoms with van der Waals surface area (Å²) in [6, 6.07) is 2.68. The van der Waals surface area contributed by atoms with Crippen LogP contribution in [0.2, 0.25) is 0 Å². The van der Waals surface area contributed by atoms with E-state index in [0.29, 0.717) is 5.00 Å². The predicted molar refractivity (Wildman–Crippen MR) is 54.6 cm³/mol. The Bertz CT molecular complexity index is 334. The maximum absolute atomic E-state index is 11.3. The minimum atomic E-state index is -1.01. The highest BCUT2D eigenvalue weighted by Crippen LogP contribution is 2.23. The minimum Gasteiger partial charge on any atom is -0.480 e. The first kappa shape index (κ1) is 10.7. The number of hydrogen-bond acceptors (Lipinski definition) is 3. The Morgan fingerprint density at radius 3 is 2.57 bits per heavy atom. The monoisotopic (exact) mass is 213 g/mol. The van der Waals surface area contributed by atoms with Crippen molar-refractivity contribution in [2.45, 2.75) is 19.9 Å². The Morgan fingerprint density at radius 2 is 2.21 bits per heavy atom. The quantitative estimate of drug-likeness (QED) is 0.829. The van der Waals surface area contributed by atoms with E-state index in [1.807, 2.05) is 0 Å². The summed E-state index contributed by atoms with van der Waals surface area (Å²) in [6.07, 6.45) is 0. The summed E-state index contributed by atoms with van der Waals surface area (Å²) in [7, 11) is 0. The molecule has 0 aliphatic rings. The number of anilines is 1. The molecule has 0 aromatic carbocycles. The van der Waals surface area contributed by atoms with E-state index in [1.165, 1.54) is 30.1 Å². The molecule has 14 heavy (non-hydrogen) atoms. The van der Waals surface area contributed by atoms with Gasteiger partial charge in [0, 0.05) is 6.92 Å². The topological polar surface area (TPSA) is 57.6 Å². The van der Waals surface area contributed by atoms with Gasteiger partial charge in [0.15, 0.2) is 0 Å². The Kier molecular flexibility index (Phi) is 3.24. The Labute approximate surface area is 85.8 Å². The number of carboxylic acids is 1. The molecule has 0 bridgehead atoms. The molecule has 76 valence electrons. The van der Waals surface area contributed by atoms with E-state index >= 15 is 0 Å². The van der Waals surface area contributed by atoms with Crippen molar-refractivity contribution in [3.8, 4) is 0 Å². The van der Waals surface area contributed by atoms with Crippen molar-refractivity contribution in [3.05, 3.63) is 17.5 Å². The average Bonchev–Trinajstić information content (AvgIpc) is 2.56. The molecule has 5 heteroatoms. The van der Waals surface area contributed by atoms with Crippen LogP contribution in [0.4, 0.5) is 5.00 Å². The zero-order valence-electron chi connectivity index (χ0n) is 7.93. The molecular formula is C9H11NO3S. The molecule has 0 unspecified atom stereocenters. The molecule has 0 radical (unpaired) electrons. The summed E-state index contributed by atoms with van der Waals surface area (Å²) in [4.78, 5) is 23.3. The van der Waals surface area contributed by atoms with Gasteiger partial charge in [-0.25, -0.2) is 4.79 Å². The van der Waals surface area contributed by atoms with Gasteiger partial charge in [-0.2, -0.15) is 0 Å². The van der Waals surface area contributed by atoms with Gasteiger partial charge in [-0.15, -0.1) is 11.3 Å². The van der Waals surface area contributed by atoms with Gasteiger partial charge < -0.3 is 5.11 Å². The largest absolute Gasteiger partial charge is 0.480 e. The van der Waals surface area contributed by atoms with Crippen molar-refractivity contribution in [1.82, 2.24) is 0 Å². The fourth-order valence-corrected chi connectivity index (χ4v) is 1.99. The first-order chi connectivity index (χ1) is 6.54. The number of hydrogen-bond donors (Lipinski definition) is 1. The standard InChI is InChI=1S/C9H11NO3S/c1-6(9(12)13)10(7(2)11)8-4-3-5-14-8/h3-6H,1-2H3,(H,12,13)/t6-/m1/s1. The van der Waals surface area contributed by atoms with Crippen LogP contribution in [0.25, 0.3) is 0 Å². The molecule has 0 saturated carbocycles. The fourth-order valence-electron chi connectivity index (χ4n) is 1.14. The van der Waals surface area contributed by atoms with E-state index in [2.05, 4.69) is 0 Å². The normalized spacial score (nSPS) is 12.1. The number of carbonyl (C=O) groups is 2. The van der Waals surface area contributed by atoms with Gasteiger partial charge in [0.05, 0.1) is 5.00 Å². The minimum absolute atomic E-state index is 0.262. The second kappa shape index (κ2) is 4.23. The zero-order chi connectivity index (χ0) is 10.7. The highest BCUT2D eigenvalue weighted by Gasteiger charge is 2.24. The molecular weight excluding hydrogens is 202 g/mol. The molecule has 0 aliphatic heterocycles. The highest BCUT2D eigenvalue weighted by molar-refractivity contribution is 7.14. The summed E-state index contributed by atoms with van der Waals surface area (Å²) < 4.78 is 0. The zero-order valence-corrected chi connectivity index (χ0v) is 8.75. The van der Waals surface area contributed by atoms with Crippen molar-refractivity contribution in [3.63, 3.8) is 0 Å². The number of rotatable bonds is 3. The van der Waals surface area contributed by atoms with E-state index < -0.39 is 12.0 Å². The van der Waals surface area contributed by atoms with Crippen LogP contribution in [-0.4, -0.2) is 23.0 Å². The summed E-state index contributed by atoms with van der Waals surface area (Å²) in [5.41, 5.74) is 0. The van der Waals surface area contributed by atoms with Gasteiger partial charge in [-0.05, 0) is 24.4 Å². The molecule has 1 aromatic rings. The first-order valence-electron chi connectivity index (χ1n) is 4.10. The lowest BCUT2D eigenvalue weighted by molar-refractivity contribution is -0.139. The lowest BCUT2D eigenvalue weighted by Crippen LogP contribution is -2.41. The Balaban J connectivity index is 2.97. The van der Waals surface area contributed by atoms with Crippen molar-refractivity contribution < 1.29 is 14.7 Å². The second-order valence-electron chi connectivity index (χ2n) is 2.85. The summed E-state index contributed by atoms with van der Waals surface area (Å²) >= 11 is 1.35. The molecule has 0 aliphatic carbocycles. The van der Waals surface area contributed by atoms with Gasteiger partial charge in [-0.1, -0.05) is 0 Å². The van der Waals surface area contributed by atoms with Crippen LogP contribution in [0.15, 0.2) is 17.5 Å². The van der Waals surface area contributed by atoms with Crippen LogP contribution in [0.5, 0.6) is 0 Å². The third-order valence-electron chi connectivity index (χ3n) is 1.83. The van der Waals surface area contributed by atoms with E-state index in [-0.39, 0.29) is 5.91 Å². The Morgan fingerprint density at radius 1 is 1.57 bits per heavy atom. The number of amides is 1. The van der Waals surface area contributed by atoms with Gasteiger partial charge in [0.1, 0.15) is 6.04 Å². The van der Waals surface area contributed by atoms with Crippen molar-refractivity contribution >= 4 is 28.2 Å². The molecule has 1 heterocycles. The summed E-state index contributed by atoms with van der Waals surface area (Å²) in [6.45, 7) is 2.85. The van der Waals surface area contributed by atoms with Crippen LogP contribution >= 0.6 is 11.3 Å². The van der Waals surface area contributed by atoms with Crippen LogP contribution in [0.3, 0.4) is 0 Å². The number of nitrogens with zero attached hydrogens (tertiary/aromatic N) is 1. The lowest BCUT2D eigenvalue weighted by Gasteiger charge is -2.23. The highest BCUT2D eigenvalue weighted by atomic mass is 32.1. The van der Waals surface area contributed by atoms with Crippen LogP contribution < -0.4 is 4.90 Å². The first-order valence-corrected chi connectivity index (χ1v) is 4.98. The molecule has 1 atom stereocenters. The molecule has 1 N–H and O–H groups in total. The van der Waals surface area contributed by atoms with E-state index in [4.69, 9.17) is 5.11 Å². The van der Waals surface area contributed by atoms with E-state index in [0.717, 1.165) is 0 Å². The third-order valence-corrected chi connectivity index (χ3v) is 2.70. The van der Waals surface area contributed by atoms with Crippen LogP contribution in [0, 0.1) is 0 Å². The predicted octanol–water partition coefficient (Wildman–Crippen LogP) is 1.57. The summed E-state index contributed by atoms with van der Waals surface area (Å²) in [5, 5.41) is 11.3. The second-order valence-corrected chi connectivity index (χ2v) is 3.78. The van der Waals surface area contributed by atoms with Crippen LogP contribution in [-0.2, 0) is 9.59 Å². The van der Waals surface area contributed by atoms with E-state index in [9.17, 15) is 9.59 Å². The van der Waals surface area contributed by atoms with Gasteiger partial charge >= 0.3 is 5.97 Å². The van der Waals surface area contributed by atoms with Crippen LogP contribution in [0.1, 0.15) is 13.8 Å². The maximum Gasteiger partial charge on any atom is 0.326 e. The number of thiophene rings is 1. The molecule has 1 aromatic heterocycles. The SMILES string of the molecule is CC(=O)N(c1cccs1)[C@H](C)C(=O)O. The Hall–Kier alpha value is -1.36. The van der Waals surface area contributed by atoms with Gasteiger partial charge in [0.2, 0.25) is 5.91 Å². The van der Waals surface area contributed by atoms with Crippen molar-refractivity contribution in [1.29, 1.82) is 0 Å². The molecule has 1 amide bonds. The molecule has 0 fully saturated rings. The lowest BCUT2D eigenvalue weighted by atomic mass is 10.3.